The maximum atomic E-state index is 11.4. The lowest BCUT2D eigenvalue weighted by Crippen LogP contribution is -2.14. The molecule has 76 valence electrons. The van der Waals surface area contributed by atoms with Crippen LogP contribution in [0.2, 0.25) is 0 Å². The van der Waals surface area contributed by atoms with Crippen molar-refractivity contribution in [2.45, 2.75) is 4.90 Å². The van der Waals surface area contributed by atoms with Crippen molar-refractivity contribution in [2.75, 3.05) is 5.88 Å². The van der Waals surface area contributed by atoms with Gasteiger partial charge in [0, 0.05) is 9.40 Å². The van der Waals surface area contributed by atoms with Gasteiger partial charge in [0.1, 0.15) is 0 Å². The van der Waals surface area contributed by atoms with Gasteiger partial charge < -0.3 is 0 Å². The number of rotatable bonds is 3. The van der Waals surface area contributed by atoms with Crippen molar-refractivity contribution in [1.29, 1.82) is 0 Å². The van der Waals surface area contributed by atoms with Gasteiger partial charge in [-0.05, 0) is 28.1 Å². The molecule has 7 heteroatoms. The highest BCUT2D eigenvalue weighted by molar-refractivity contribution is 9.10. The SMILES string of the molecule is O=[N+]([O-])CS(=O)(=O)c1ccccc1Br. The molecule has 0 aliphatic heterocycles. The summed E-state index contributed by atoms with van der Waals surface area (Å²) in [5.74, 6) is -1.09. The van der Waals surface area contributed by atoms with Crippen LogP contribution < -0.4 is 0 Å². The third-order valence-electron chi connectivity index (χ3n) is 1.45. The van der Waals surface area contributed by atoms with Crippen LogP contribution in [0.15, 0.2) is 33.6 Å². The zero-order valence-electron chi connectivity index (χ0n) is 6.88. The molecule has 0 spiro atoms. The van der Waals surface area contributed by atoms with E-state index in [-0.39, 0.29) is 4.90 Å². The summed E-state index contributed by atoms with van der Waals surface area (Å²) < 4.78 is 23.1. The van der Waals surface area contributed by atoms with Gasteiger partial charge in [-0.2, -0.15) is 0 Å². The fraction of sp³-hybridized carbons (Fsp3) is 0.143. The van der Waals surface area contributed by atoms with Crippen LogP contribution in [-0.2, 0) is 9.84 Å². The predicted octanol–water partition coefficient (Wildman–Crippen LogP) is 1.46. The number of hydrogen-bond donors (Lipinski definition) is 0. The van der Waals surface area contributed by atoms with E-state index < -0.39 is 20.6 Å². The highest BCUT2D eigenvalue weighted by Crippen LogP contribution is 2.22. The Balaban J connectivity index is 3.17. The minimum Gasteiger partial charge on any atom is -0.263 e. The third-order valence-corrected chi connectivity index (χ3v) is 3.98. The first-order valence-electron chi connectivity index (χ1n) is 3.52. The van der Waals surface area contributed by atoms with Crippen molar-refractivity contribution in [3.8, 4) is 0 Å². The van der Waals surface area contributed by atoms with Crippen molar-refractivity contribution in [2.24, 2.45) is 0 Å². The molecule has 0 saturated heterocycles. The fourth-order valence-electron chi connectivity index (χ4n) is 0.905. The topological polar surface area (TPSA) is 77.3 Å². The molecule has 1 aromatic carbocycles. The number of nitro groups is 1. The van der Waals surface area contributed by atoms with Crippen molar-refractivity contribution in [3.63, 3.8) is 0 Å². The van der Waals surface area contributed by atoms with Gasteiger partial charge in [0.25, 0.3) is 0 Å². The van der Waals surface area contributed by atoms with Crippen LogP contribution in [0.5, 0.6) is 0 Å². The lowest BCUT2D eigenvalue weighted by molar-refractivity contribution is -0.458. The van der Waals surface area contributed by atoms with E-state index in [2.05, 4.69) is 15.9 Å². The molecule has 0 unspecified atom stereocenters. The number of hydrogen-bond acceptors (Lipinski definition) is 4. The molecule has 0 N–H and O–H groups in total. The summed E-state index contributed by atoms with van der Waals surface area (Å²) in [6.45, 7) is 0. The molecule has 1 aromatic rings. The minimum atomic E-state index is -3.84. The van der Waals surface area contributed by atoms with Crippen LogP contribution in [-0.4, -0.2) is 19.2 Å². The molecule has 0 fully saturated rings. The Morgan fingerprint density at radius 2 is 1.93 bits per heavy atom. The van der Waals surface area contributed by atoms with Gasteiger partial charge in [0.05, 0.1) is 4.90 Å². The van der Waals surface area contributed by atoms with Crippen molar-refractivity contribution < 1.29 is 13.3 Å². The molecular formula is C7H6BrNO4S. The molecule has 14 heavy (non-hydrogen) atoms. The van der Waals surface area contributed by atoms with Crippen LogP contribution in [0.25, 0.3) is 0 Å². The van der Waals surface area contributed by atoms with E-state index in [0.29, 0.717) is 4.47 Å². The van der Waals surface area contributed by atoms with E-state index in [1.807, 2.05) is 0 Å². The molecule has 0 amide bonds. The number of halogens is 1. The van der Waals surface area contributed by atoms with Crippen LogP contribution in [0, 0.1) is 10.1 Å². The molecule has 0 atom stereocenters. The van der Waals surface area contributed by atoms with Crippen LogP contribution >= 0.6 is 15.9 Å². The Hall–Kier alpha value is -0.950. The lowest BCUT2D eigenvalue weighted by Gasteiger charge is -2.01. The Labute approximate surface area is 88.9 Å². The predicted molar refractivity (Wildman–Crippen MR) is 53.2 cm³/mol. The molecule has 0 aromatic heterocycles. The molecule has 5 nitrogen and oxygen atoms in total. The standard InChI is InChI=1S/C7H6BrNO4S/c8-6-3-1-2-4-7(6)14(12,13)5-9(10)11/h1-4H,5H2. The highest BCUT2D eigenvalue weighted by atomic mass is 79.9. The van der Waals surface area contributed by atoms with E-state index in [0.717, 1.165) is 0 Å². The quantitative estimate of drug-likeness (QED) is 0.620. The summed E-state index contributed by atoms with van der Waals surface area (Å²) in [5, 5.41) is 10.1. The molecule has 0 radical (unpaired) electrons. The largest absolute Gasteiger partial charge is 0.305 e. The third kappa shape index (κ3) is 2.52. The Morgan fingerprint density at radius 1 is 1.36 bits per heavy atom. The van der Waals surface area contributed by atoms with Crippen LogP contribution in [0.1, 0.15) is 0 Å². The first-order valence-corrected chi connectivity index (χ1v) is 5.97. The molecule has 1 rings (SSSR count). The van der Waals surface area contributed by atoms with Gasteiger partial charge in [-0.15, -0.1) is 0 Å². The van der Waals surface area contributed by atoms with E-state index in [9.17, 15) is 18.5 Å². The molecule has 0 heterocycles. The van der Waals surface area contributed by atoms with E-state index >= 15 is 0 Å². The Morgan fingerprint density at radius 3 is 2.43 bits per heavy atom. The van der Waals surface area contributed by atoms with Gasteiger partial charge in [-0.25, -0.2) is 8.42 Å². The molecule has 0 aliphatic rings. The first-order chi connectivity index (χ1) is 6.43. The number of sulfone groups is 1. The maximum Gasteiger partial charge on any atom is 0.305 e. The normalized spacial score (nSPS) is 11.2. The van der Waals surface area contributed by atoms with Gasteiger partial charge in [-0.3, -0.25) is 10.1 Å². The summed E-state index contributed by atoms with van der Waals surface area (Å²) >= 11 is 3.02. The lowest BCUT2D eigenvalue weighted by atomic mass is 10.4. The average Bonchev–Trinajstić information content (AvgIpc) is 2.02. The van der Waals surface area contributed by atoms with E-state index in [1.165, 1.54) is 18.2 Å². The molecule has 0 saturated carbocycles. The Kier molecular flexibility index (Phi) is 3.22. The van der Waals surface area contributed by atoms with E-state index in [4.69, 9.17) is 0 Å². The van der Waals surface area contributed by atoms with Crippen molar-refractivity contribution in [3.05, 3.63) is 38.9 Å². The average molecular weight is 280 g/mol. The Bertz CT molecular complexity index is 457. The molecule has 0 aliphatic carbocycles. The summed E-state index contributed by atoms with van der Waals surface area (Å²) in [4.78, 5) is 9.19. The van der Waals surface area contributed by atoms with E-state index in [1.54, 1.807) is 6.07 Å². The zero-order valence-corrected chi connectivity index (χ0v) is 9.29. The van der Waals surface area contributed by atoms with Gasteiger partial charge in [0.2, 0.25) is 9.84 Å². The molecular weight excluding hydrogens is 274 g/mol. The summed E-state index contributed by atoms with van der Waals surface area (Å²) in [6.07, 6.45) is 0. The van der Waals surface area contributed by atoms with Crippen molar-refractivity contribution >= 4 is 25.8 Å². The number of nitrogens with zero attached hydrogens (tertiary/aromatic N) is 1. The maximum absolute atomic E-state index is 11.4. The second-order valence-corrected chi connectivity index (χ2v) is 5.29. The number of benzene rings is 1. The first kappa shape index (κ1) is 11.1. The van der Waals surface area contributed by atoms with Crippen LogP contribution in [0.3, 0.4) is 0 Å². The molecule has 0 bridgehead atoms. The van der Waals surface area contributed by atoms with Crippen molar-refractivity contribution in [1.82, 2.24) is 0 Å². The van der Waals surface area contributed by atoms with Gasteiger partial charge in [-0.1, -0.05) is 12.1 Å². The summed E-state index contributed by atoms with van der Waals surface area (Å²) in [5.41, 5.74) is 0. The smallest absolute Gasteiger partial charge is 0.263 e. The monoisotopic (exact) mass is 279 g/mol. The minimum absolute atomic E-state index is 0.0586. The highest BCUT2D eigenvalue weighted by Gasteiger charge is 2.23. The zero-order chi connectivity index (χ0) is 10.8. The second-order valence-electron chi connectivity index (χ2n) is 2.51. The van der Waals surface area contributed by atoms with Gasteiger partial charge in [0.15, 0.2) is 0 Å². The van der Waals surface area contributed by atoms with Crippen LogP contribution in [0.4, 0.5) is 0 Å². The summed E-state index contributed by atoms with van der Waals surface area (Å²) in [7, 11) is -3.84. The summed E-state index contributed by atoms with van der Waals surface area (Å²) in [6, 6.07) is 5.99. The van der Waals surface area contributed by atoms with Gasteiger partial charge >= 0.3 is 5.88 Å². The fourth-order valence-corrected chi connectivity index (χ4v) is 3.00. The second kappa shape index (κ2) is 4.05.